The average Bonchev–Trinajstić information content (AvgIpc) is 2.46. The predicted molar refractivity (Wildman–Crippen MR) is 85.6 cm³/mol. The van der Waals surface area contributed by atoms with Gasteiger partial charge in [-0.1, -0.05) is 25.8 Å². The van der Waals surface area contributed by atoms with Crippen LogP contribution in [0.3, 0.4) is 0 Å². The van der Waals surface area contributed by atoms with E-state index in [9.17, 15) is 0 Å². The summed E-state index contributed by atoms with van der Waals surface area (Å²) < 4.78 is 6.00. The molecule has 3 nitrogen and oxygen atoms in total. The van der Waals surface area contributed by atoms with Crippen molar-refractivity contribution in [1.82, 2.24) is 0 Å². The van der Waals surface area contributed by atoms with E-state index in [0.29, 0.717) is 6.04 Å². The third-order valence-corrected chi connectivity index (χ3v) is 4.00. The Labute approximate surface area is 123 Å². The predicted octanol–water partition coefficient (Wildman–Crippen LogP) is 3.49. The van der Waals surface area contributed by atoms with Crippen molar-refractivity contribution in [1.29, 1.82) is 0 Å². The van der Waals surface area contributed by atoms with Crippen LogP contribution in [0, 0.1) is 6.92 Å². The minimum Gasteiger partial charge on any atom is -0.491 e. The molecule has 0 bridgehead atoms. The molecule has 3 heteroatoms. The summed E-state index contributed by atoms with van der Waals surface area (Å²) in [7, 11) is 0. The first kappa shape index (κ1) is 15.2. The Morgan fingerprint density at radius 3 is 2.70 bits per heavy atom. The molecule has 1 saturated heterocycles. The SMILES string of the molecule is CCCCCOc1ccc(C)cc1N1CCC(N)CC1. The number of benzene rings is 1. The highest BCUT2D eigenvalue weighted by Gasteiger charge is 2.19. The number of ether oxygens (including phenoxy) is 1. The fourth-order valence-corrected chi connectivity index (χ4v) is 2.67. The van der Waals surface area contributed by atoms with Crippen molar-refractivity contribution < 1.29 is 4.74 Å². The molecule has 0 saturated carbocycles. The molecule has 1 aromatic rings. The zero-order chi connectivity index (χ0) is 14.4. The van der Waals surface area contributed by atoms with E-state index in [-0.39, 0.29) is 0 Å². The highest BCUT2D eigenvalue weighted by Crippen LogP contribution is 2.31. The van der Waals surface area contributed by atoms with Gasteiger partial charge in [-0.25, -0.2) is 0 Å². The maximum absolute atomic E-state index is 6.00. The first-order valence-electron chi connectivity index (χ1n) is 7.94. The molecule has 0 amide bonds. The molecule has 0 aromatic heterocycles. The van der Waals surface area contributed by atoms with Crippen molar-refractivity contribution >= 4 is 5.69 Å². The van der Waals surface area contributed by atoms with Gasteiger partial charge in [-0.3, -0.25) is 0 Å². The van der Waals surface area contributed by atoms with Gasteiger partial charge in [0.25, 0.3) is 0 Å². The zero-order valence-electron chi connectivity index (χ0n) is 12.9. The Balaban J connectivity index is 2.03. The van der Waals surface area contributed by atoms with Crippen molar-refractivity contribution in [3.05, 3.63) is 23.8 Å². The van der Waals surface area contributed by atoms with Gasteiger partial charge in [0.15, 0.2) is 0 Å². The number of anilines is 1. The molecule has 112 valence electrons. The lowest BCUT2D eigenvalue weighted by Gasteiger charge is -2.33. The summed E-state index contributed by atoms with van der Waals surface area (Å²) in [4.78, 5) is 2.42. The average molecular weight is 276 g/mol. The highest BCUT2D eigenvalue weighted by molar-refractivity contribution is 5.60. The van der Waals surface area contributed by atoms with Gasteiger partial charge >= 0.3 is 0 Å². The van der Waals surface area contributed by atoms with Crippen molar-refractivity contribution in [2.45, 2.75) is 52.0 Å². The van der Waals surface area contributed by atoms with Gasteiger partial charge in [0.1, 0.15) is 5.75 Å². The Bertz CT molecular complexity index is 411. The summed E-state index contributed by atoms with van der Waals surface area (Å²) in [5.41, 5.74) is 8.53. The van der Waals surface area contributed by atoms with Crippen LogP contribution in [0.5, 0.6) is 5.75 Å². The molecule has 2 rings (SSSR count). The molecule has 0 atom stereocenters. The monoisotopic (exact) mass is 276 g/mol. The number of nitrogens with zero attached hydrogens (tertiary/aromatic N) is 1. The van der Waals surface area contributed by atoms with Crippen LogP contribution in [0.15, 0.2) is 18.2 Å². The lowest BCUT2D eigenvalue weighted by molar-refractivity contribution is 0.306. The Hall–Kier alpha value is -1.22. The van der Waals surface area contributed by atoms with Crippen LogP contribution in [0.25, 0.3) is 0 Å². The summed E-state index contributed by atoms with van der Waals surface area (Å²) in [5.74, 6) is 1.03. The first-order valence-corrected chi connectivity index (χ1v) is 7.94. The molecule has 1 heterocycles. The Kier molecular flexibility index (Phi) is 5.72. The molecule has 0 radical (unpaired) electrons. The Morgan fingerprint density at radius 1 is 1.25 bits per heavy atom. The second-order valence-corrected chi connectivity index (χ2v) is 5.85. The van der Waals surface area contributed by atoms with E-state index in [1.54, 1.807) is 0 Å². The molecule has 1 aliphatic rings. The molecule has 1 aliphatic heterocycles. The fraction of sp³-hybridized carbons (Fsp3) is 0.647. The maximum atomic E-state index is 6.00. The van der Waals surface area contributed by atoms with Gasteiger partial charge in [0.2, 0.25) is 0 Å². The normalized spacial score (nSPS) is 16.4. The van der Waals surface area contributed by atoms with E-state index in [4.69, 9.17) is 10.5 Å². The quantitative estimate of drug-likeness (QED) is 0.808. The van der Waals surface area contributed by atoms with Crippen molar-refractivity contribution in [3.8, 4) is 5.75 Å². The van der Waals surface area contributed by atoms with E-state index in [1.165, 1.54) is 24.1 Å². The molecule has 0 aliphatic carbocycles. The second-order valence-electron chi connectivity index (χ2n) is 5.85. The molecular formula is C17H28N2O. The lowest BCUT2D eigenvalue weighted by atomic mass is 10.0. The standard InChI is InChI=1S/C17H28N2O/c1-3-4-5-12-20-17-7-6-14(2)13-16(17)19-10-8-15(18)9-11-19/h6-7,13,15H,3-5,8-12,18H2,1-2H3. The smallest absolute Gasteiger partial charge is 0.142 e. The third-order valence-electron chi connectivity index (χ3n) is 4.00. The number of piperidine rings is 1. The number of hydrogen-bond acceptors (Lipinski definition) is 3. The van der Waals surface area contributed by atoms with Gasteiger partial charge in [0, 0.05) is 19.1 Å². The van der Waals surface area contributed by atoms with Crippen molar-refractivity contribution in [2.24, 2.45) is 5.73 Å². The number of hydrogen-bond donors (Lipinski definition) is 1. The molecular weight excluding hydrogens is 248 g/mol. The number of nitrogens with two attached hydrogens (primary N) is 1. The number of aryl methyl sites for hydroxylation is 1. The van der Waals surface area contributed by atoms with Crippen LogP contribution in [0.2, 0.25) is 0 Å². The summed E-state index contributed by atoms with van der Waals surface area (Å²) >= 11 is 0. The van der Waals surface area contributed by atoms with E-state index in [2.05, 4.69) is 36.9 Å². The first-order chi connectivity index (χ1) is 9.70. The zero-order valence-corrected chi connectivity index (χ0v) is 12.9. The van der Waals surface area contributed by atoms with Crippen LogP contribution in [0.4, 0.5) is 5.69 Å². The summed E-state index contributed by atoms with van der Waals surface area (Å²) in [5, 5.41) is 0. The molecule has 2 N–H and O–H groups in total. The fourth-order valence-electron chi connectivity index (χ4n) is 2.67. The van der Waals surface area contributed by atoms with E-state index >= 15 is 0 Å². The number of rotatable bonds is 6. The van der Waals surface area contributed by atoms with E-state index in [0.717, 1.165) is 44.7 Å². The summed E-state index contributed by atoms with van der Waals surface area (Å²) in [6, 6.07) is 6.86. The van der Waals surface area contributed by atoms with Crippen LogP contribution >= 0.6 is 0 Å². The third kappa shape index (κ3) is 4.14. The second kappa shape index (κ2) is 7.53. The largest absolute Gasteiger partial charge is 0.491 e. The number of unbranched alkanes of at least 4 members (excludes halogenated alkanes) is 2. The summed E-state index contributed by atoms with van der Waals surface area (Å²) in [6.45, 7) is 7.25. The topological polar surface area (TPSA) is 38.5 Å². The van der Waals surface area contributed by atoms with Crippen LogP contribution in [-0.2, 0) is 0 Å². The highest BCUT2D eigenvalue weighted by atomic mass is 16.5. The molecule has 1 fully saturated rings. The molecule has 0 spiro atoms. The van der Waals surface area contributed by atoms with E-state index in [1.807, 2.05) is 0 Å². The van der Waals surface area contributed by atoms with Crippen LogP contribution in [0.1, 0.15) is 44.6 Å². The van der Waals surface area contributed by atoms with Crippen molar-refractivity contribution in [2.75, 3.05) is 24.6 Å². The van der Waals surface area contributed by atoms with Gasteiger partial charge in [-0.15, -0.1) is 0 Å². The van der Waals surface area contributed by atoms with Gasteiger partial charge in [0.05, 0.1) is 12.3 Å². The minimum atomic E-state index is 0.366. The van der Waals surface area contributed by atoms with Crippen LogP contribution < -0.4 is 15.4 Å². The van der Waals surface area contributed by atoms with E-state index < -0.39 is 0 Å². The minimum absolute atomic E-state index is 0.366. The molecule has 20 heavy (non-hydrogen) atoms. The maximum Gasteiger partial charge on any atom is 0.142 e. The van der Waals surface area contributed by atoms with Gasteiger partial charge in [-0.05, 0) is 43.9 Å². The molecule has 0 unspecified atom stereocenters. The van der Waals surface area contributed by atoms with Gasteiger partial charge in [-0.2, -0.15) is 0 Å². The summed E-state index contributed by atoms with van der Waals surface area (Å²) in [6.07, 6.45) is 5.75. The van der Waals surface area contributed by atoms with Crippen molar-refractivity contribution in [3.63, 3.8) is 0 Å². The lowest BCUT2D eigenvalue weighted by Crippen LogP contribution is -2.39. The molecule has 1 aromatic carbocycles. The van der Waals surface area contributed by atoms with Gasteiger partial charge < -0.3 is 15.4 Å². The Morgan fingerprint density at radius 2 is 2.00 bits per heavy atom. The van der Waals surface area contributed by atoms with Crippen LogP contribution in [-0.4, -0.2) is 25.7 Å².